The van der Waals surface area contributed by atoms with Crippen LogP contribution in [0.2, 0.25) is 0 Å². The van der Waals surface area contributed by atoms with Gasteiger partial charge in [0, 0.05) is 19.2 Å². The summed E-state index contributed by atoms with van der Waals surface area (Å²) >= 11 is 0. The molecule has 0 saturated carbocycles. The van der Waals surface area contributed by atoms with E-state index < -0.39 is 0 Å². The van der Waals surface area contributed by atoms with E-state index in [1.54, 1.807) is 12.4 Å². The Morgan fingerprint density at radius 3 is 2.61 bits per heavy atom. The number of carbonyl (C=O) groups is 1. The van der Waals surface area contributed by atoms with Crippen LogP contribution < -0.4 is 4.74 Å². The second-order valence-corrected chi connectivity index (χ2v) is 6.84. The lowest BCUT2D eigenvalue weighted by atomic mass is 9.94. The van der Waals surface area contributed by atoms with Crippen molar-refractivity contribution in [3.63, 3.8) is 0 Å². The van der Waals surface area contributed by atoms with Crippen LogP contribution in [-0.2, 0) is 20.9 Å². The van der Waals surface area contributed by atoms with E-state index in [1.165, 1.54) is 12.7 Å². The number of hydrogen-bond acceptors (Lipinski definition) is 5. The Bertz CT molecular complexity index is 648. The Morgan fingerprint density at radius 2 is 1.86 bits per heavy atom. The van der Waals surface area contributed by atoms with Gasteiger partial charge in [-0.15, -0.1) is 0 Å². The number of carbonyl (C=O) groups excluding carboxylic acids is 1. The molecule has 2 rings (SSSR count). The van der Waals surface area contributed by atoms with Crippen molar-refractivity contribution in [2.75, 3.05) is 20.3 Å². The standard InChI is InChI=1S/C23H31NO4/c1-26-23(25)13-12-20(14-17-28-22-11-7-15-24-18-22)8-5-6-16-27-19-21-9-3-2-4-10-21/h2-4,7,9-11,15,18,20H,5-6,8,12-14,16-17,19H2,1H3. The fourth-order valence-electron chi connectivity index (χ4n) is 3.03. The van der Waals surface area contributed by atoms with Crippen molar-refractivity contribution in [1.82, 2.24) is 4.98 Å². The summed E-state index contributed by atoms with van der Waals surface area (Å²) in [6.45, 7) is 2.04. The summed E-state index contributed by atoms with van der Waals surface area (Å²) in [7, 11) is 1.44. The molecule has 1 atom stereocenters. The van der Waals surface area contributed by atoms with E-state index in [0.717, 1.165) is 44.5 Å². The zero-order chi connectivity index (χ0) is 19.9. The molecule has 0 amide bonds. The van der Waals surface area contributed by atoms with Crippen LogP contribution in [-0.4, -0.2) is 31.3 Å². The molecule has 0 N–H and O–H groups in total. The van der Waals surface area contributed by atoms with Crippen LogP contribution >= 0.6 is 0 Å². The first-order chi connectivity index (χ1) is 13.8. The molecule has 152 valence electrons. The van der Waals surface area contributed by atoms with Gasteiger partial charge in [0.25, 0.3) is 0 Å². The van der Waals surface area contributed by atoms with Crippen molar-refractivity contribution in [2.45, 2.75) is 45.1 Å². The van der Waals surface area contributed by atoms with Crippen LogP contribution in [0.5, 0.6) is 5.75 Å². The molecule has 1 heterocycles. The monoisotopic (exact) mass is 385 g/mol. The van der Waals surface area contributed by atoms with Gasteiger partial charge in [0.1, 0.15) is 5.75 Å². The topological polar surface area (TPSA) is 57.7 Å². The van der Waals surface area contributed by atoms with Crippen molar-refractivity contribution in [1.29, 1.82) is 0 Å². The molecule has 1 aromatic heterocycles. The van der Waals surface area contributed by atoms with Crippen LogP contribution in [0.25, 0.3) is 0 Å². The lowest BCUT2D eigenvalue weighted by Gasteiger charge is -2.17. The van der Waals surface area contributed by atoms with Gasteiger partial charge in [-0.3, -0.25) is 9.78 Å². The average Bonchev–Trinajstić information content (AvgIpc) is 2.75. The molecule has 0 spiro atoms. The summed E-state index contributed by atoms with van der Waals surface area (Å²) in [4.78, 5) is 15.5. The number of ether oxygens (including phenoxy) is 3. The molecule has 2 aromatic rings. The van der Waals surface area contributed by atoms with Crippen molar-refractivity contribution < 1.29 is 19.0 Å². The third-order valence-electron chi connectivity index (χ3n) is 4.68. The molecule has 0 radical (unpaired) electrons. The molecular formula is C23H31NO4. The Kier molecular flexibility index (Phi) is 10.7. The van der Waals surface area contributed by atoms with Crippen LogP contribution in [0.1, 0.15) is 44.1 Å². The Morgan fingerprint density at radius 1 is 1.00 bits per heavy atom. The van der Waals surface area contributed by atoms with Crippen molar-refractivity contribution in [3.05, 3.63) is 60.4 Å². The number of nitrogens with zero attached hydrogens (tertiary/aromatic N) is 1. The molecule has 0 aliphatic rings. The number of rotatable bonds is 14. The van der Waals surface area contributed by atoms with E-state index in [1.807, 2.05) is 30.3 Å². The number of methoxy groups -OCH3 is 1. The highest BCUT2D eigenvalue weighted by Gasteiger charge is 2.12. The average molecular weight is 386 g/mol. The van der Waals surface area contributed by atoms with Gasteiger partial charge in [0.05, 0.1) is 26.5 Å². The molecule has 0 fully saturated rings. The normalized spacial score (nSPS) is 11.8. The number of unbranched alkanes of at least 4 members (excludes halogenated alkanes) is 1. The number of aromatic nitrogens is 1. The Hall–Kier alpha value is -2.40. The summed E-state index contributed by atoms with van der Waals surface area (Å²) < 4.78 is 16.3. The number of pyridine rings is 1. The minimum atomic E-state index is -0.149. The first-order valence-electron chi connectivity index (χ1n) is 9.99. The van der Waals surface area contributed by atoms with Gasteiger partial charge in [0.2, 0.25) is 0 Å². The predicted octanol–water partition coefficient (Wildman–Crippen LogP) is 4.81. The van der Waals surface area contributed by atoms with Crippen molar-refractivity contribution in [2.24, 2.45) is 5.92 Å². The summed E-state index contributed by atoms with van der Waals surface area (Å²) in [6, 6.07) is 14.0. The van der Waals surface area contributed by atoms with E-state index >= 15 is 0 Å². The Balaban J connectivity index is 1.63. The van der Waals surface area contributed by atoms with Gasteiger partial charge in [-0.1, -0.05) is 43.2 Å². The summed E-state index contributed by atoms with van der Waals surface area (Å²) in [6.07, 6.45) is 8.79. The zero-order valence-corrected chi connectivity index (χ0v) is 16.7. The fourth-order valence-corrected chi connectivity index (χ4v) is 3.03. The molecule has 1 unspecified atom stereocenters. The van der Waals surface area contributed by atoms with Crippen molar-refractivity contribution in [3.8, 4) is 5.75 Å². The molecule has 5 nitrogen and oxygen atoms in total. The predicted molar refractivity (Wildman–Crippen MR) is 109 cm³/mol. The van der Waals surface area contributed by atoms with E-state index in [2.05, 4.69) is 17.1 Å². The van der Waals surface area contributed by atoms with E-state index in [9.17, 15) is 4.79 Å². The van der Waals surface area contributed by atoms with Gasteiger partial charge in [-0.25, -0.2) is 0 Å². The highest BCUT2D eigenvalue weighted by molar-refractivity contribution is 5.69. The van der Waals surface area contributed by atoms with Crippen LogP contribution in [0.15, 0.2) is 54.9 Å². The second kappa shape index (κ2) is 13.7. The van der Waals surface area contributed by atoms with E-state index in [4.69, 9.17) is 14.2 Å². The molecule has 0 aliphatic carbocycles. The highest BCUT2D eigenvalue weighted by Crippen LogP contribution is 2.20. The quantitative estimate of drug-likeness (QED) is 0.345. The first-order valence-corrected chi connectivity index (χ1v) is 9.99. The minimum Gasteiger partial charge on any atom is -0.492 e. The molecule has 0 saturated heterocycles. The molecule has 28 heavy (non-hydrogen) atoms. The summed E-state index contributed by atoms with van der Waals surface area (Å²) in [5, 5.41) is 0. The third-order valence-corrected chi connectivity index (χ3v) is 4.68. The number of hydrogen-bond donors (Lipinski definition) is 0. The lowest BCUT2D eigenvalue weighted by Crippen LogP contribution is -2.11. The molecular weight excluding hydrogens is 354 g/mol. The number of esters is 1. The fraction of sp³-hybridized carbons (Fsp3) is 0.478. The number of benzene rings is 1. The third kappa shape index (κ3) is 9.51. The lowest BCUT2D eigenvalue weighted by molar-refractivity contribution is -0.141. The minimum absolute atomic E-state index is 0.149. The Labute approximate surface area is 168 Å². The van der Waals surface area contributed by atoms with Crippen LogP contribution in [0.3, 0.4) is 0 Å². The molecule has 5 heteroatoms. The van der Waals surface area contributed by atoms with E-state index in [-0.39, 0.29) is 5.97 Å². The van der Waals surface area contributed by atoms with Crippen LogP contribution in [0.4, 0.5) is 0 Å². The molecule has 0 bridgehead atoms. The smallest absolute Gasteiger partial charge is 0.305 e. The second-order valence-electron chi connectivity index (χ2n) is 6.84. The SMILES string of the molecule is COC(=O)CCC(CCCCOCc1ccccc1)CCOc1cccnc1. The van der Waals surface area contributed by atoms with Gasteiger partial charge in [0.15, 0.2) is 0 Å². The molecule has 0 aliphatic heterocycles. The summed E-state index contributed by atoms with van der Waals surface area (Å²) in [5.74, 6) is 1.07. The maximum Gasteiger partial charge on any atom is 0.305 e. The van der Waals surface area contributed by atoms with Crippen molar-refractivity contribution >= 4 is 5.97 Å². The van der Waals surface area contributed by atoms with Gasteiger partial charge < -0.3 is 14.2 Å². The molecule has 1 aromatic carbocycles. The van der Waals surface area contributed by atoms with Gasteiger partial charge in [-0.2, -0.15) is 0 Å². The summed E-state index contributed by atoms with van der Waals surface area (Å²) in [5.41, 5.74) is 1.20. The van der Waals surface area contributed by atoms with E-state index in [0.29, 0.717) is 25.6 Å². The highest BCUT2D eigenvalue weighted by atomic mass is 16.5. The van der Waals surface area contributed by atoms with Crippen LogP contribution in [0, 0.1) is 5.92 Å². The van der Waals surface area contributed by atoms with Gasteiger partial charge >= 0.3 is 5.97 Å². The maximum absolute atomic E-state index is 11.5. The van der Waals surface area contributed by atoms with Gasteiger partial charge in [-0.05, 0) is 42.9 Å². The largest absolute Gasteiger partial charge is 0.492 e. The maximum atomic E-state index is 11.5. The first kappa shape index (κ1) is 21.9. The zero-order valence-electron chi connectivity index (χ0n) is 16.7.